The van der Waals surface area contributed by atoms with Gasteiger partial charge in [-0.25, -0.2) is 4.52 Å². The first-order valence-corrected chi connectivity index (χ1v) is 5.92. The van der Waals surface area contributed by atoms with E-state index in [-0.39, 0.29) is 0 Å². The molecule has 0 fully saturated rings. The number of ether oxygens (including phenoxy) is 1. The van der Waals surface area contributed by atoms with Gasteiger partial charge in [-0.1, -0.05) is 0 Å². The number of anilines is 1. The first kappa shape index (κ1) is 11.3. The number of nitrogens with one attached hydrogen (secondary N) is 1. The minimum absolute atomic E-state index is 0.623. The zero-order valence-corrected chi connectivity index (χ0v) is 10.6. The molecular weight excluding hydrogens is 272 g/mol. The summed E-state index contributed by atoms with van der Waals surface area (Å²) in [5, 5.41) is 7.39. The molecule has 0 spiro atoms. The van der Waals surface area contributed by atoms with Crippen LogP contribution < -0.4 is 5.32 Å². The lowest BCUT2D eigenvalue weighted by Crippen LogP contribution is -2.10. The lowest BCUT2D eigenvalue weighted by Gasteiger charge is -2.00. The van der Waals surface area contributed by atoms with Gasteiger partial charge in [0, 0.05) is 23.8 Å². The van der Waals surface area contributed by atoms with Gasteiger partial charge in [0.2, 0.25) is 5.95 Å². The highest BCUT2D eigenvalue weighted by molar-refractivity contribution is 9.10. The summed E-state index contributed by atoms with van der Waals surface area (Å²) >= 11 is 3.39. The SMILES string of the molecule is CCOCCNc1nc2ccc(Br)cn2n1. The third kappa shape index (κ3) is 2.70. The van der Waals surface area contributed by atoms with Gasteiger partial charge in [-0.3, -0.25) is 0 Å². The number of pyridine rings is 1. The lowest BCUT2D eigenvalue weighted by molar-refractivity contribution is 0.158. The average molecular weight is 285 g/mol. The highest BCUT2D eigenvalue weighted by atomic mass is 79.9. The van der Waals surface area contributed by atoms with Crippen LogP contribution in [0.5, 0.6) is 0 Å². The maximum absolute atomic E-state index is 5.22. The molecule has 0 radical (unpaired) electrons. The molecule has 0 aromatic carbocycles. The molecular formula is C10H13BrN4O. The summed E-state index contributed by atoms with van der Waals surface area (Å²) in [4.78, 5) is 4.32. The van der Waals surface area contributed by atoms with Gasteiger partial charge < -0.3 is 10.1 Å². The van der Waals surface area contributed by atoms with Gasteiger partial charge in [0.1, 0.15) is 0 Å². The van der Waals surface area contributed by atoms with Gasteiger partial charge in [0.05, 0.1) is 6.61 Å². The third-order valence-corrected chi connectivity index (χ3v) is 2.50. The summed E-state index contributed by atoms with van der Waals surface area (Å²) in [6.45, 7) is 4.08. The van der Waals surface area contributed by atoms with E-state index in [1.165, 1.54) is 0 Å². The molecule has 2 rings (SSSR count). The number of halogens is 1. The van der Waals surface area contributed by atoms with Crippen molar-refractivity contribution in [3.8, 4) is 0 Å². The summed E-state index contributed by atoms with van der Waals surface area (Å²) in [5.74, 6) is 0.623. The number of hydrogen-bond donors (Lipinski definition) is 1. The monoisotopic (exact) mass is 284 g/mol. The van der Waals surface area contributed by atoms with Gasteiger partial charge in [0.25, 0.3) is 0 Å². The zero-order chi connectivity index (χ0) is 11.4. The molecule has 5 nitrogen and oxygen atoms in total. The van der Waals surface area contributed by atoms with Gasteiger partial charge in [0.15, 0.2) is 5.65 Å². The Bertz CT molecular complexity index is 471. The Labute approximate surface area is 102 Å². The molecule has 0 aliphatic rings. The van der Waals surface area contributed by atoms with E-state index in [1.54, 1.807) is 4.52 Å². The summed E-state index contributed by atoms with van der Waals surface area (Å²) in [7, 11) is 0. The van der Waals surface area contributed by atoms with Crippen LogP contribution in [0.3, 0.4) is 0 Å². The van der Waals surface area contributed by atoms with E-state index in [4.69, 9.17) is 4.74 Å². The van der Waals surface area contributed by atoms with Gasteiger partial charge in [-0.05, 0) is 35.0 Å². The molecule has 16 heavy (non-hydrogen) atoms. The second-order valence-electron chi connectivity index (χ2n) is 3.21. The average Bonchev–Trinajstić information content (AvgIpc) is 2.66. The maximum atomic E-state index is 5.22. The number of aromatic nitrogens is 3. The van der Waals surface area contributed by atoms with Crippen molar-refractivity contribution >= 4 is 27.5 Å². The predicted octanol–water partition coefficient (Wildman–Crippen LogP) is 1.94. The van der Waals surface area contributed by atoms with Crippen LogP contribution in [0, 0.1) is 0 Å². The summed E-state index contributed by atoms with van der Waals surface area (Å²) in [5.41, 5.74) is 0.821. The van der Waals surface area contributed by atoms with Gasteiger partial charge in [-0.15, -0.1) is 5.10 Å². The van der Waals surface area contributed by atoms with Crippen LogP contribution >= 0.6 is 15.9 Å². The molecule has 0 bridgehead atoms. The Hall–Kier alpha value is -1.14. The fourth-order valence-electron chi connectivity index (χ4n) is 1.31. The van der Waals surface area contributed by atoms with E-state index in [2.05, 4.69) is 31.3 Å². The molecule has 2 aromatic heterocycles. The molecule has 2 heterocycles. The van der Waals surface area contributed by atoms with Crippen LogP contribution in [0.25, 0.3) is 5.65 Å². The fraction of sp³-hybridized carbons (Fsp3) is 0.400. The molecule has 0 saturated heterocycles. The Morgan fingerprint density at radius 3 is 3.19 bits per heavy atom. The molecule has 0 saturated carbocycles. The van der Waals surface area contributed by atoms with Crippen LogP contribution in [-0.2, 0) is 4.74 Å². The Morgan fingerprint density at radius 2 is 2.38 bits per heavy atom. The quantitative estimate of drug-likeness (QED) is 0.853. The minimum atomic E-state index is 0.623. The van der Waals surface area contributed by atoms with Crippen LogP contribution in [0.2, 0.25) is 0 Å². The molecule has 0 aliphatic heterocycles. The maximum Gasteiger partial charge on any atom is 0.243 e. The standard InChI is InChI=1S/C10H13BrN4O/c1-2-16-6-5-12-10-13-9-4-3-8(11)7-15(9)14-10/h3-4,7H,2,5-6H2,1H3,(H,12,14). The fourth-order valence-corrected chi connectivity index (χ4v) is 1.64. The van der Waals surface area contributed by atoms with Gasteiger partial charge >= 0.3 is 0 Å². The summed E-state index contributed by atoms with van der Waals surface area (Å²) in [6.07, 6.45) is 1.87. The van der Waals surface area contributed by atoms with Crippen molar-refractivity contribution in [1.82, 2.24) is 14.6 Å². The number of rotatable bonds is 5. The normalized spacial score (nSPS) is 10.9. The number of fused-ring (bicyclic) bond motifs is 1. The van der Waals surface area contributed by atoms with Crippen LogP contribution in [0.4, 0.5) is 5.95 Å². The van der Waals surface area contributed by atoms with E-state index < -0.39 is 0 Å². The molecule has 0 aliphatic carbocycles. The van der Waals surface area contributed by atoms with Crippen LogP contribution in [0.15, 0.2) is 22.8 Å². The number of hydrogen-bond acceptors (Lipinski definition) is 4. The van der Waals surface area contributed by atoms with E-state index in [9.17, 15) is 0 Å². The third-order valence-electron chi connectivity index (χ3n) is 2.03. The lowest BCUT2D eigenvalue weighted by atomic mass is 10.5. The second-order valence-corrected chi connectivity index (χ2v) is 4.12. The van der Waals surface area contributed by atoms with Crippen LogP contribution in [-0.4, -0.2) is 34.4 Å². The van der Waals surface area contributed by atoms with Crippen molar-refractivity contribution in [3.63, 3.8) is 0 Å². The summed E-state index contributed by atoms with van der Waals surface area (Å²) in [6, 6.07) is 3.85. The zero-order valence-electron chi connectivity index (χ0n) is 8.98. The first-order valence-electron chi connectivity index (χ1n) is 5.13. The van der Waals surface area contributed by atoms with Crippen molar-refractivity contribution in [2.45, 2.75) is 6.92 Å². The first-order chi connectivity index (χ1) is 7.79. The molecule has 86 valence electrons. The molecule has 1 N–H and O–H groups in total. The van der Waals surface area contributed by atoms with E-state index in [1.807, 2.05) is 25.3 Å². The van der Waals surface area contributed by atoms with Crippen molar-refractivity contribution in [2.24, 2.45) is 0 Å². The van der Waals surface area contributed by atoms with Gasteiger partial charge in [-0.2, -0.15) is 4.98 Å². The van der Waals surface area contributed by atoms with E-state index in [0.717, 1.165) is 16.7 Å². The minimum Gasteiger partial charge on any atom is -0.380 e. The number of nitrogens with zero attached hydrogens (tertiary/aromatic N) is 3. The van der Waals surface area contributed by atoms with Crippen LogP contribution in [0.1, 0.15) is 6.92 Å². The van der Waals surface area contributed by atoms with Crippen molar-refractivity contribution < 1.29 is 4.74 Å². The molecule has 2 aromatic rings. The summed E-state index contributed by atoms with van der Waals surface area (Å²) < 4.78 is 7.92. The smallest absolute Gasteiger partial charge is 0.243 e. The molecule has 0 unspecified atom stereocenters. The largest absolute Gasteiger partial charge is 0.380 e. The molecule has 0 atom stereocenters. The highest BCUT2D eigenvalue weighted by Gasteiger charge is 2.02. The topological polar surface area (TPSA) is 51.5 Å². The molecule has 0 amide bonds. The Morgan fingerprint density at radius 1 is 1.50 bits per heavy atom. The van der Waals surface area contributed by atoms with Crippen molar-refractivity contribution in [1.29, 1.82) is 0 Å². The Kier molecular flexibility index (Phi) is 3.74. The Balaban J connectivity index is 2.02. The molecule has 6 heteroatoms. The second kappa shape index (κ2) is 5.27. The van der Waals surface area contributed by atoms with Crippen molar-refractivity contribution in [2.75, 3.05) is 25.1 Å². The van der Waals surface area contributed by atoms with E-state index >= 15 is 0 Å². The van der Waals surface area contributed by atoms with Crippen molar-refractivity contribution in [3.05, 3.63) is 22.8 Å². The predicted molar refractivity (Wildman–Crippen MR) is 65.7 cm³/mol. The highest BCUT2D eigenvalue weighted by Crippen LogP contribution is 2.11. The van der Waals surface area contributed by atoms with E-state index in [0.29, 0.717) is 19.1 Å².